The summed E-state index contributed by atoms with van der Waals surface area (Å²) in [6.07, 6.45) is 3.48. The Morgan fingerprint density at radius 1 is 1.23 bits per heavy atom. The molecule has 7 heteroatoms. The number of hydrogen-bond acceptors (Lipinski definition) is 6. The number of pyridine rings is 1. The van der Waals surface area contributed by atoms with Crippen LogP contribution in [0.4, 0.5) is 4.79 Å². The van der Waals surface area contributed by atoms with Crippen molar-refractivity contribution in [2.75, 3.05) is 6.61 Å². The number of carbonyl (C=O) groups is 2. The van der Waals surface area contributed by atoms with Gasteiger partial charge in [-0.3, -0.25) is 19.9 Å². The fourth-order valence-corrected chi connectivity index (χ4v) is 3.02. The van der Waals surface area contributed by atoms with E-state index in [4.69, 9.17) is 4.74 Å². The Balaban J connectivity index is 1.52. The van der Waals surface area contributed by atoms with Gasteiger partial charge in [0, 0.05) is 18.3 Å². The fraction of sp³-hybridized carbons (Fsp3) is 0.211. The van der Waals surface area contributed by atoms with Crippen molar-refractivity contribution in [3.8, 4) is 5.75 Å². The number of imide groups is 1. The number of nitrogens with one attached hydrogen (secondary N) is 1. The minimum Gasteiger partial charge on any atom is -0.493 e. The second-order valence-corrected chi connectivity index (χ2v) is 6.79. The van der Waals surface area contributed by atoms with E-state index < -0.39 is 6.10 Å². The third kappa shape index (κ3) is 4.71. The van der Waals surface area contributed by atoms with E-state index in [0.29, 0.717) is 23.7 Å². The van der Waals surface area contributed by atoms with E-state index in [1.807, 2.05) is 36.4 Å². The number of thioether (sulfide) groups is 1. The molecular weight excluding hydrogens is 352 g/mol. The van der Waals surface area contributed by atoms with Crippen LogP contribution in [0.15, 0.2) is 47.5 Å². The molecule has 0 unspecified atom stereocenters. The summed E-state index contributed by atoms with van der Waals surface area (Å²) in [6.45, 7) is 2.18. The monoisotopic (exact) mass is 370 g/mol. The Labute approximate surface area is 155 Å². The first-order valence-corrected chi connectivity index (χ1v) is 8.93. The summed E-state index contributed by atoms with van der Waals surface area (Å²) in [5.41, 5.74) is 2.50. The van der Waals surface area contributed by atoms with Crippen molar-refractivity contribution in [1.29, 1.82) is 0 Å². The highest BCUT2D eigenvalue weighted by Crippen LogP contribution is 2.26. The Hall–Kier alpha value is -2.64. The second kappa shape index (κ2) is 8.16. The highest BCUT2D eigenvalue weighted by molar-refractivity contribution is 8.18. The predicted molar refractivity (Wildman–Crippen MR) is 99.6 cm³/mol. The lowest BCUT2D eigenvalue weighted by Gasteiger charge is -2.08. The van der Waals surface area contributed by atoms with Crippen molar-refractivity contribution in [3.63, 3.8) is 0 Å². The van der Waals surface area contributed by atoms with Crippen LogP contribution in [0.25, 0.3) is 6.08 Å². The molecular formula is C19H18N2O4S. The van der Waals surface area contributed by atoms with Crippen LogP contribution in [0.3, 0.4) is 0 Å². The van der Waals surface area contributed by atoms with Gasteiger partial charge in [-0.25, -0.2) is 0 Å². The molecule has 2 aromatic rings. The molecule has 0 bridgehead atoms. The minimum atomic E-state index is -0.520. The Bertz CT molecular complexity index is 830. The van der Waals surface area contributed by atoms with Crippen LogP contribution in [0.5, 0.6) is 5.75 Å². The van der Waals surface area contributed by atoms with Crippen molar-refractivity contribution >= 4 is 29.0 Å². The first-order chi connectivity index (χ1) is 12.5. The summed E-state index contributed by atoms with van der Waals surface area (Å²) in [5.74, 6) is 0.349. The quantitative estimate of drug-likeness (QED) is 0.760. The van der Waals surface area contributed by atoms with Gasteiger partial charge in [0.15, 0.2) is 0 Å². The molecule has 0 aliphatic carbocycles. The number of ether oxygens (including phenoxy) is 1. The van der Waals surface area contributed by atoms with E-state index in [-0.39, 0.29) is 11.1 Å². The molecule has 1 aliphatic rings. The van der Waals surface area contributed by atoms with Gasteiger partial charge in [0.05, 0.1) is 17.6 Å². The molecule has 134 valence electrons. The Kier molecular flexibility index (Phi) is 5.70. The van der Waals surface area contributed by atoms with Crippen molar-refractivity contribution < 1.29 is 19.4 Å². The topological polar surface area (TPSA) is 88.5 Å². The zero-order valence-electron chi connectivity index (χ0n) is 14.1. The Morgan fingerprint density at radius 2 is 2.00 bits per heavy atom. The molecule has 6 nitrogen and oxygen atoms in total. The summed E-state index contributed by atoms with van der Waals surface area (Å²) < 4.78 is 5.70. The van der Waals surface area contributed by atoms with E-state index in [9.17, 15) is 14.7 Å². The van der Waals surface area contributed by atoms with E-state index in [2.05, 4.69) is 10.3 Å². The van der Waals surface area contributed by atoms with Gasteiger partial charge >= 0.3 is 0 Å². The number of aliphatic hydroxyl groups is 1. The molecule has 1 aromatic carbocycles. The third-order valence-electron chi connectivity index (χ3n) is 3.78. The molecule has 1 saturated heterocycles. The summed E-state index contributed by atoms with van der Waals surface area (Å²) in [4.78, 5) is 27.4. The highest BCUT2D eigenvalue weighted by Gasteiger charge is 2.24. The number of hydrogen-bond donors (Lipinski definition) is 2. The van der Waals surface area contributed by atoms with Crippen LogP contribution in [0.2, 0.25) is 0 Å². The lowest BCUT2D eigenvalue weighted by molar-refractivity contribution is -0.115. The van der Waals surface area contributed by atoms with Gasteiger partial charge in [0.2, 0.25) is 0 Å². The van der Waals surface area contributed by atoms with Gasteiger partial charge in [-0.2, -0.15) is 0 Å². The van der Waals surface area contributed by atoms with Crippen molar-refractivity contribution in [2.24, 2.45) is 0 Å². The van der Waals surface area contributed by atoms with Crippen molar-refractivity contribution in [3.05, 3.63) is 64.3 Å². The number of carbonyl (C=O) groups excluding carboxylic acids is 2. The van der Waals surface area contributed by atoms with E-state index >= 15 is 0 Å². The van der Waals surface area contributed by atoms with Crippen LogP contribution in [-0.2, 0) is 11.2 Å². The maximum Gasteiger partial charge on any atom is 0.290 e. The number of benzene rings is 1. The first kappa shape index (κ1) is 18.2. The van der Waals surface area contributed by atoms with Crippen molar-refractivity contribution in [1.82, 2.24) is 10.3 Å². The normalized spacial score (nSPS) is 16.6. The number of nitrogens with zero attached hydrogens (tertiary/aromatic N) is 1. The highest BCUT2D eigenvalue weighted by atomic mass is 32.2. The molecule has 1 fully saturated rings. The number of rotatable bonds is 6. The maximum atomic E-state index is 11.5. The summed E-state index contributed by atoms with van der Waals surface area (Å²) >= 11 is 0.895. The lowest BCUT2D eigenvalue weighted by Crippen LogP contribution is -2.17. The van der Waals surface area contributed by atoms with Crippen LogP contribution < -0.4 is 10.1 Å². The molecule has 1 aliphatic heterocycles. The Morgan fingerprint density at radius 3 is 2.58 bits per heavy atom. The smallest absolute Gasteiger partial charge is 0.290 e. The number of aromatic nitrogens is 1. The molecule has 2 amide bonds. The summed E-state index contributed by atoms with van der Waals surface area (Å²) in [7, 11) is 0. The van der Waals surface area contributed by atoms with E-state index in [1.54, 1.807) is 19.2 Å². The molecule has 2 heterocycles. The number of aliphatic hydroxyl groups excluding tert-OH is 1. The van der Waals surface area contributed by atoms with Gasteiger partial charge in [-0.15, -0.1) is 0 Å². The molecule has 0 saturated carbocycles. The number of amides is 2. The van der Waals surface area contributed by atoms with Gasteiger partial charge < -0.3 is 9.84 Å². The van der Waals surface area contributed by atoms with Gasteiger partial charge in [-0.1, -0.05) is 18.2 Å². The van der Waals surface area contributed by atoms with Gasteiger partial charge in [0.25, 0.3) is 11.1 Å². The first-order valence-electron chi connectivity index (χ1n) is 8.12. The standard InChI is InChI=1S/C19H18N2O4S/c1-12(22)14-4-5-15(20-11-14)8-9-25-16-6-2-13(3-7-16)10-17-18(23)21-19(24)26-17/h2-7,10-12,22H,8-9H2,1H3,(H,21,23,24)/b17-10-/t12-/m0/s1. The average molecular weight is 370 g/mol. The summed E-state index contributed by atoms with van der Waals surface area (Å²) in [6, 6.07) is 11.0. The second-order valence-electron chi connectivity index (χ2n) is 5.78. The average Bonchev–Trinajstić information content (AvgIpc) is 2.94. The summed E-state index contributed by atoms with van der Waals surface area (Å²) in [5, 5.41) is 11.3. The van der Waals surface area contributed by atoms with Crippen LogP contribution in [-0.4, -0.2) is 27.8 Å². The molecule has 26 heavy (non-hydrogen) atoms. The SMILES string of the molecule is C[C@H](O)c1ccc(CCOc2ccc(/C=C3\SC(=O)NC3=O)cc2)nc1. The van der Waals surface area contributed by atoms with Crippen LogP contribution in [0, 0.1) is 0 Å². The molecule has 1 atom stereocenters. The zero-order valence-corrected chi connectivity index (χ0v) is 15.0. The maximum absolute atomic E-state index is 11.5. The van der Waals surface area contributed by atoms with Crippen molar-refractivity contribution in [2.45, 2.75) is 19.4 Å². The van der Waals surface area contributed by atoms with Crippen LogP contribution >= 0.6 is 11.8 Å². The molecule has 1 aromatic heterocycles. The lowest BCUT2D eigenvalue weighted by atomic mass is 10.1. The zero-order chi connectivity index (χ0) is 18.5. The molecule has 0 spiro atoms. The molecule has 2 N–H and O–H groups in total. The minimum absolute atomic E-state index is 0.351. The van der Waals surface area contributed by atoms with Gasteiger partial charge in [0.1, 0.15) is 5.75 Å². The van der Waals surface area contributed by atoms with E-state index in [0.717, 1.165) is 28.6 Å². The third-order valence-corrected chi connectivity index (χ3v) is 4.59. The van der Waals surface area contributed by atoms with E-state index in [1.165, 1.54) is 0 Å². The fourth-order valence-electron chi connectivity index (χ4n) is 2.34. The largest absolute Gasteiger partial charge is 0.493 e. The predicted octanol–water partition coefficient (Wildman–Crippen LogP) is 3.08. The molecule has 3 rings (SSSR count). The van der Waals surface area contributed by atoms with Crippen LogP contribution in [0.1, 0.15) is 29.8 Å². The van der Waals surface area contributed by atoms with Gasteiger partial charge in [-0.05, 0) is 54.1 Å². The molecule has 0 radical (unpaired) electrons.